The van der Waals surface area contributed by atoms with Crippen molar-refractivity contribution in [2.45, 2.75) is 50.4 Å². The van der Waals surface area contributed by atoms with Crippen molar-refractivity contribution in [2.75, 3.05) is 13.1 Å². The second-order valence-corrected chi connectivity index (χ2v) is 5.96. The number of ether oxygens (including phenoxy) is 1. The number of rotatable bonds is 1. The van der Waals surface area contributed by atoms with Gasteiger partial charge in [-0.2, -0.15) is 0 Å². The molecule has 2 fully saturated rings. The van der Waals surface area contributed by atoms with Crippen molar-refractivity contribution in [1.29, 1.82) is 0 Å². The molecule has 4 nitrogen and oxygen atoms in total. The van der Waals surface area contributed by atoms with Gasteiger partial charge in [0.15, 0.2) is 5.67 Å². The third kappa shape index (κ3) is 1.88. The van der Waals surface area contributed by atoms with E-state index in [4.69, 9.17) is 10.5 Å². The Morgan fingerprint density at radius 3 is 2.25 bits per heavy atom. The van der Waals surface area contributed by atoms with E-state index >= 15 is 0 Å². The van der Waals surface area contributed by atoms with Gasteiger partial charge in [0.05, 0.1) is 18.6 Å². The molecule has 2 rings (SSSR count). The van der Waals surface area contributed by atoms with Gasteiger partial charge in [-0.3, -0.25) is 0 Å². The number of amides is 1. The van der Waals surface area contributed by atoms with Gasteiger partial charge in [0.25, 0.3) is 0 Å². The largest absolute Gasteiger partial charge is 0.444 e. The average Bonchev–Trinajstić information content (AvgIpc) is 2.75. The maximum atomic E-state index is 14.1. The quantitative estimate of drug-likeness (QED) is 0.741. The van der Waals surface area contributed by atoms with E-state index in [0.717, 1.165) is 0 Å². The number of alkyl halides is 1. The molecule has 1 amide bonds. The van der Waals surface area contributed by atoms with Crippen LogP contribution < -0.4 is 5.73 Å². The van der Waals surface area contributed by atoms with Gasteiger partial charge in [0.1, 0.15) is 5.60 Å². The molecular formula is C11H19FN2O2. The molecule has 0 radical (unpaired) electrons. The van der Waals surface area contributed by atoms with E-state index in [9.17, 15) is 9.18 Å². The topological polar surface area (TPSA) is 55.6 Å². The second kappa shape index (κ2) is 3.09. The van der Waals surface area contributed by atoms with Crippen molar-refractivity contribution >= 4 is 6.09 Å². The highest BCUT2D eigenvalue weighted by Gasteiger charge is 2.64. The Morgan fingerprint density at radius 2 is 1.88 bits per heavy atom. The minimum Gasteiger partial charge on any atom is -0.444 e. The minimum absolute atomic E-state index is 0.0679. The average molecular weight is 230 g/mol. The first-order valence-corrected chi connectivity index (χ1v) is 5.61. The van der Waals surface area contributed by atoms with E-state index in [1.807, 2.05) is 0 Å². The molecule has 0 spiro atoms. The van der Waals surface area contributed by atoms with Gasteiger partial charge in [0.2, 0.25) is 0 Å². The van der Waals surface area contributed by atoms with E-state index < -0.39 is 22.9 Å². The molecule has 0 bridgehead atoms. The molecule has 1 heterocycles. The highest BCUT2D eigenvalue weighted by Crippen LogP contribution is 2.49. The number of hydrogen-bond acceptors (Lipinski definition) is 3. The molecule has 0 aromatic carbocycles. The minimum atomic E-state index is -1.40. The summed E-state index contributed by atoms with van der Waals surface area (Å²) < 4.78 is 19.3. The number of hydrogen-bond donors (Lipinski definition) is 1. The first-order valence-electron chi connectivity index (χ1n) is 5.61. The summed E-state index contributed by atoms with van der Waals surface area (Å²) in [6, 6.07) is 0. The molecular weight excluding hydrogens is 211 g/mol. The van der Waals surface area contributed by atoms with Crippen molar-refractivity contribution in [2.24, 2.45) is 5.73 Å². The van der Waals surface area contributed by atoms with Crippen LogP contribution in [-0.4, -0.2) is 40.9 Å². The van der Waals surface area contributed by atoms with Gasteiger partial charge in [-0.15, -0.1) is 0 Å². The zero-order chi connectivity index (χ0) is 12.2. The highest BCUT2D eigenvalue weighted by molar-refractivity contribution is 5.70. The van der Waals surface area contributed by atoms with Crippen LogP contribution in [0.1, 0.15) is 33.6 Å². The summed E-state index contributed by atoms with van der Waals surface area (Å²) in [4.78, 5) is 12.9. The smallest absolute Gasteiger partial charge is 0.410 e. The number of carbonyl (C=O) groups excluding carboxylic acids is 1. The Morgan fingerprint density at radius 1 is 1.38 bits per heavy atom. The molecule has 0 unspecified atom stereocenters. The molecule has 0 aromatic rings. The fourth-order valence-corrected chi connectivity index (χ4v) is 1.91. The summed E-state index contributed by atoms with van der Waals surface area (Å²) in [7, 11) is 0. The van der Waals surface area contributed by atoms with Crippen LogP contribution in [0.25, 0.3) is 0 Å². The lowest BCUT2D eigenvalue weighted by molar-refractivity contribution is -0.0672. The van der Waals surface area contributed by atoms with E-state index in [-0.39, 0.29) is 13.1 Å². The first kappa shape index (κ1) is 11.6. The van der Waals surface area contributed by atoms with Crippen molar-refractivity contribution in [1.82, 2.24) is 4.90 Å². The van der Waals surface area contributed by atoms with Crippen molar-refractivity contribution in [3.8, 4) is 0 Å². The molecule has 0 aromatic heterocycles. The summed E-state index contributed by atoms with van der Waals surface area (Å²) in [6.45, 7) is 5.51. The summed E-state index contributed by atoms with van der Waals surface area (Å²) in [5, 5.41) is 0. The highest BCUT2D eigenvalue weighted by atomic mass is 19.1. The maximum absolute atomic E-state index is 14.1. The van der Waals surface area contributed by atoms with Gasteiger partial charge in [0, 0.05) is 0 Å². The van der Waals surface area contributed by atoms with Crippen LogP contribution in [0.4, 0.5) is 9.18 Å². The fourth-order valence-electron chi connectivity index (χ4n) is 1.91. The van der Waals surface area contributed by atoms with Crippen LogP contribution in [-0.2, 0) is 4.74 Å². The summed E-state index contributed by atoms with van der Waals surface area (Å²) in [5.41, 5.74) is 3.20. The van der Waals surface area contributed by atoms with Crippen molar-refractivity contribution < 1.29 is 13.9 Å². The number of nitrogens with two attached hydrogens (primary N) is 1. The Labute approximate surface area is 94.9 Å². The lowest BCUT2D eigenvalue weighted by Crippen LogP contribution is -2.70. The van der Waals surface area contributed by atoms with E-state index in [1.54, 1.807) is 20.8 Å². The van der Waals surface area contributed by atoms with Gasteiger partial charge in [-0.25, -0.2) is 9.18 Å². The zero-order valence-electron chi connectivity index (χ0n) is 10.0. The Kier molecular flexibility index (Phi) is 2.25. The third-order valence-corrected chi connectivity index (χ3v) is 3.22. The Hall–Kier alpha value is -0.840. The zero-order valence-corrected chi connectivity index (χ0v) is 10.0. The molecule has 0 atom stereocenters. The number of halogens is 1. The molecule has 5 heteroatoms. The molecule has 1 saturated heterocycles. The molecule has 1 saturated carbocycles. The monoisotopic (exact) mass is 230 g/mol. The van der Waals surface area contributed by atoms with Crippen molar-refractivity contribution in [3.05, 3.63) is 0 Å². The van der Waals surface area contributed by atoms with Gasteiger partial charge < -0.3 is 15.4 Å². The lowest BCUT2D eigenvalue weighted by atomic mass is 9.86. The standard InChI is InChI=1S/C11H19FN2O2/c1-9(2,3)16-8(15)14-6-10(12,7-14)11(13)4-5-11/h4-7,13H2,1-3H3. The molecule has 92 valence electrons. The number of likely N-dealkylation sites (tertiary alicyclic amines) is 1. The molecule has 2 aliphatic rings. The molecule has 1 aliphatic carbocycles. The van der Waals surface area contributed by atoms with Gasteiger partial charge in [-0.05, 0) is 33.6 Å². The van der Waals surface area contributed by atoms with E-state index in [2.05, 4.69) is 0 Å². The Balaban J connectivity index is 1.86. The van der Waals surface area contributed by atoms with Crippen LogP contribution in [0.15, 0.2) is 0 Å². The third-order valence-electron chi connectivity index (χ3n) is 3.22. The van der Waals surface area contributed by atoms with Crippen LogP contribution in [0.5, 0.6) is 0 Å². The lowest BCUT2D eigenvalue weighted by Gasteiger charge is -2.47. The Bertz CT molecular complexity index is 314. The van der Waals surface area contributed by atoms with Gasteiger partial charge >= 0.3 is 6.09 Å². The predicted octanol–water partition coefficient (Wildman–Crippen LogP) is 1.44. The van der Waals surface area contributed by atoms with Crippen LogP contribution in [0, 0.1) is 0 Å². The fraction of sp³-hybridized carbons (Fsp3) is 0.909. The number of nitrogens with zero attached hydrogens (tertiary/aromatic N) is 1. The summed E-state index contributed by atoms with van der Waals surface area (Å²) >= 11 is 0. The summed E-state index contributed by atoms with van der Waals surface area (Å²) in [5.74, 6) is 0. The van der Waals surface area contributed by atoms with Crippen LogP contribution in [0.2, 0.25) is 0 Å². The predicted molar refractivity (Wildman–Crippen MR) is 57.8 cm³/mol. The van der Waals surface area contributed by atoms with E-state index in [1.165, 1.54) is 4.90 Å². The second-order valence-electron chi connectivity index (χ2n) is 5.96. The SMILES string of the molecule is CC(C)(C)OC(=O)N1CC(F)(C2(N)CC2)C1. The first-order chi connectivity index (χ1) is 7.15. The molecule has 16 heavy (non-hydrogen) atoms. The van der Waals surface area contributed by atoms with Crippen LogP contribution >= 0.6 is 0 Å². The number of carbonyl (C=O) groups is 1. The van der Waals surface area contributed by atoms with E-state index in [0.29, 0.717) is 12.8 Å². The normalized spacial score (nSPS) is 25.9. The van der Waals surface area contributed by atoms with Crippen molar-refractivity contribution in [3.63, 3.8) is 0 Å². The summed E-state index contributed by atoms with van der Waals surface area (Å²) in [6.07, 6.45) is 0.974. The van der Waals surface area contributed by atoms with Gasteiger partial charge in [-0.1, -0.05) is 0 Å². The van der Waals surface area contributed by atoms with Crippen LogP contribution in [0.3, 0.4) is 0 Å². The molecule has 1 aliphatic heterocycles. The maximum Gasteiger partial charge on any atom is 0.410 e. The molecule has 2 N–H and O–H groups in total.